The third-order valence-electron chi connectivity index (χ3n) is 7.27. The Morgan fingerprint density at radius 3 is 2.87 bits per heavy atom. The van der Waals surface area contributed by atoms with Crippen LogP contribution in [0, 0.1) is 0 Å². The fraction of sp³-hybridized carbons (Fsp3) is 0.640. The Hall–Kier alpha value is -1.27. The van der Waals surface area contributed by atoms with Crippen LogP contribution in [0.25, 0.3) is 0 Å². The normalized spacial score (nSPS) is 25.7. The Bertz CT molecular complexity index is 814. The number of hydrogen-bond acceptors (Lipinski definition) is 5. The van der Waals surface area contributed by atoms with Gasteiger partial charge >= 0.3 is 0 Å². The Morgan fingerprint density at radius 1 is 1.17 bits per heavy atom. The molecule has 2 aromatic heterocycles. The Balaban J connectivity index is 1.22. The van der Waals surface area contributed by atoms with Crippen molar-refractivity contribution in [1.82, 2.24) is 10.3 Å². The molecule has 2 aliphatic carbocycles. The largest absolute Gasteiger partial charge is 0.375 e. The first-order chi connectivity index (χ1) is 14.8. The molecule has 2 aromatic rings. The molecule has 1 atom stereocenters. The van der Waals surface area contributed by atoms with Crippen LogP contribution in [0.15, 0.2) is 35.8 Å². The van der Waals surface area contributed by atoms with Crippen molar-refractivity contribution in [2.45, 2.75) is 88.1 Å². The van der Waals surface area contributed by atoms with Crippen LogP contribution in [-0.4, -0.2) is 29.8 Å². The van der Waals surface area contributed by atoms with Crippen LogP contribution in [0.4, 0.5) is 0 Å². The zero-order valence-electron chi connectivity index (χ0n) is 17.9. The van der Waals surface area contributed by atoms with E-state index in [-0.39, 0.29) is 11.0 Å². The Morgan fingerprint density at radius 2 is 2.07 bits per heavy atom. The van der Waals surface area contributed by atoms with Gasteiger partial charge in [0, 0.05) is 35.3 Å². The summed E-state index contributed by atoms with van der Waals surface area (Å²) in [6, 6.07) is 8.64. The molecule has 0 bridgehead atoms. The van der Waals surface area contributed by atoms with E-state index in [9.17, 15) is 0 Å². The lowest BCUT2D eigenvalue weighted by Gasteiger charge is -2.46. The first-order valence-electron chi connectivity index (χ1n) is 11.7. The molecule has 3 fully saturated rings. The van der Waals surface area contributed by atoms with E-state index in [1.165, 1.54) is 54.7 Å². The summed E-state index contributed by atoms with van der Waals surface area (Å²) >= 11 is 1.84. The van der Waals surface area contributed by atoms with Gasteiger partial charge in [0.25, 0.3) is 0 Å². The number of nitrogens with zero attached hydrogens (tertiary/aromatic N) is 1. The van der Waals surface area contributed by atoms with Crippen LogP contribution in [0.2, 0.25) is 0 Å². The summed E-state index contributed by atoms with van der Waals surface area (Å²) in [4.78, 5) is 6.24. The van der Waals surface area contributed by atoms with Crippen LogP contribution in [0.1, 0.15) is 73.9 Å². The van der Waals surface area contributed by atoms with Crippen molar-refractivity contribution < 1.29 is 9.47 Å². The average Bonchev–Trinajstić information content (AvgIpc) is 3.34. The van der Waals surface area contributed by atoms with E-state index in [0.29, 0.717) is 6.10 Å². The Labute approximate surface area is 184 Å². The van der Waals surface area contributed by atoms with Crippen LogP contribution in [0.3, 0.4) is 0 Å². The number of rotatable bonds is 9. The van der Waals surface area contributed by atoms with Crippen molar-refractivity contribution in [3.05, 3.63) is 52.0 Å². The lowest BCUT2D eigenvalue weighted by atomic mass is 9.68. The fourth-order valence-electron chi connectivity index (χ4n) is 5.42. The number of aromatic nitrogens is 1. The van der Waals surface area contributed by atoms with Crippen molar-refractivity contribution in [3.8, 4) is 0 Å². The number of thiophene rings is 1. The molecular weight excluding hydrogens is 392 g/mol. The highest BCUT2D eigenvalue weighted by Gasteiger charge is 2.48. The van der Waals surface area contributed by atoms with Gasteiger partial charge in [-0.25, -0.2) is 0 Å². The summed E-state index contributed by atoms with van der Waals surface area (Å²) in [5, 5.41) is 5.93. The van der Waals surface area contributed by atoms with Crippen molar-refractivity contribution in [2.75, 3.05) is 13.2 Å². The first-order valence-corrected chi connectivity index (χ1v) is 12.6. The molecule has 5 heteroatoms. The van der Waals surface area contributed by atoms with E-state index >= 15 is 0 Å². The standard InChI is InChI=1S/C25H34N2O2S/c1-4-13-27-23(5-1)24(12-15-29-25(19-24)9-2-3-10-25)11-14-26-17-22-20(8-16-30-22)18-28-21-6-7-21/h1,4-5,8,13,16,21,26H,2-3,6-7,9-12,14-15,17-19H2. The van der Waals surface area contributed by atoms with Gasteiger partial charge in [-0.15, -0.1) is 11.3 Å². The molecule has 0 radical (unpaired) electrons. The zero-order chi connectivity index (χ0) is 20.3. The second kappa shape index (κ2) is 9.07. The summed E-state index contributed by atoms with van der Waals surface area (Å²) in [6.07, 6.45) is 13.3. The molecule has 162 valence electrons. The predicted molar refractivity (Wildman–Crippen MR) is 121 cm³/mol. The van der Waals surface area contributed by atoms with Gasteiger partial charge in [-0.2, -0.15) is 0 Å². The van der Waals surface area contributed by atoms with Gasteiger partial charge in [0.05, 0.1) is 18.3 Å². The molecule has 1 unspecified atom stereocenters. The molecule has 1 aliphatic heterocycles. The molecule has 30 heavy (non-hydrogen) atoms. The summed E-state index contributed by atoms with van der Waals surface area (Å²) in [5.74, 6) is 0. The highest BCUT2D eigenvalue weighted by molar-refractivity contribution is 7.10. The molecule has 1 N–H and O–H groups in total. The fourth-order valence-corrected chi connectivity index (χ4v) is 6.28. The van der Waals surface area contributed by atoms with Crippen LogP contribution in [-0.2, 0) is 28.0 Å². The topological polar surface area (TPSA) is 43.4 Å². The van der Waals surface area contributed by atoms with Crippen molar-refractivity contribution >= 4 is 11.3 Å². The summed E-state index contributed by atoms with van der Waals surface area (Å²) in [6.45, 7) is 3.57. The minimum Gasteiger partial charge on any atom is -0.375 e. The number of pyridine rings is 1. The highest BCUT2D eigenvalue weighted by atomic mass is 32.1. The van der Waals surface area contributed by atoms with Gasteiger partial charge in [-0.1, -0.05) is 18.9 Å². The van der Waals surface area contributed by atoms with E-state index < -0.39 is 0 Å². The smallest absolute Gasteiger partial charge is 0.0731 e. The van der Waals surface area contributed by atoms with E-state index in [2.05, 4.69) is 28.9 Å². The van der Waals surface area contributed by atoms with E-state index in [1.807, 2.05) is 23.6 Å². The maximum absolute atomic E-state index is 6.37. The van der Waals surface area contributed by atoms with Crippen LogP contribution < -0.4 is 5.32 Å². The minimum atomic E-state index is 0.0941. The number of nitrogens with one attached hydrogen (secondary N) is 1. The molecule has 1 spiro atoms. The molecule has 5 rings (SSSR count). The Kier molecular flexibility index (Phi) is 6.24. The summed E-state index contributed by atoms with van der Waals surface area (Å²) < 4.78 is 12.3. The zero-order valence-corrected chi connectivity index (χ0v) is 18.7. The predicted octanol–water partition coefficient (Wildman–Crippen LogP) is 5.36. The number of hydrogen-bond donors (Lipinski definition) is 1. The van der Waals surface area contributed by atoms with Crippen molar-refractivity contribution in [2.24, 2.45) is 0 Å². The lowest BCUT2D eigenvalue weighted by molar-refractivity contribution is -0.104. The van der Waals surface area contributed by atoms with E-state index in [1.54, 1.807) is 0 Å². The molecule has 0 aromatic carbocycles. The maximum atomic E-state index is 6.37. The minimum absolute atomic E-state index is 0.0941. The summed E-state index contributed by atoms with van der Waals surface area (Å²) in [5.41, 5.74) is 2.84. The van der Waals surface area contributed by atoms with Gasteiger partial charge < -0.3 is 14.8 Å². The van der Waals surface area contributed by atoms with Gasteiger partial charge in [0.15, 0.2) is 0 Å². The van der Waals surface area contributed by atoms with Crippen LogP contribution in [0.5, 0.6) is 0 Å². The molecule has 2 saturated carbocycles. The van der Waals surface area contributed by atoms with Gasteiger partial charge in [0.2, 0.25) is 0 Å². The molecular formula is C25H34N2O2S. The quantitative estimate of drug-likeness (QED) is 0.548. The van der Waals surface area contributed by atoms with E-state index in [0.717, 1.165) is 45.6 Å². The molecule has 4 nitrogen and oxygen atoms in total. The van der Waals surface area contributed by atoms with Crippen molar-refractivity contribution in [3.63, 3.8) is 0 Å². The maximum Gasteiger partial charge on any atom is 0.0731 e. The number of ether oxygens (including phenoxy) is 2. The van der Waals surface area contributed by atoms with Crippen molar-refractivity contribution in [1.29, 1.82) is 0 Å². The molecule has 3 heterocycles. The second-order valence-electron chi connectivity index (χ2n) is 9.47. The monoisotopic (exact) mass is 426 g/mol. The third-order valence-corrected chi connectivity index (χ3v) is 8.24. The summed E-state index contributed by atoms with van der Waals surface area (Å²) in [7, 11) is 0. The van der Waals surface area contributed by atoms with Gasteiger partial charge in [0.1, 0.15) is 0 Å². The third kappa shape index (κ3) is 4.64. The lowest BCUT2D eigenvalue weighted by Crippen LogP contribution is -2.47. The molecule has 3 aliphatic rings. The average molecular weight is 427 g/mol. The van der Waals surface area contributed by atoms with Crippen LogP contribution >= 0.6 is 11.3 Å². The first kappa shape index (κ1) is 20.6. The molecule has 0 amide bonds. The molecule has 1 saturated heterocycles. The SMILES string of the molecule is c1ccc(C2(CCNCc3sccc3COC3CC3)CCOC3(CCCC3)C2)nc1. The van der Waals surface area contributed by atoms with Gasteiger partial charge in [-0.05, 0) is 80.6 Å². The second-order valence-corrected chi connectivity index (χ2v) is 10.5. The highest BCUT2D eigenvalue weighted by Crippen LogP contribution is 2.49. The van der Waals surface area contributed by atoms with E-state index in [4.69, 9.17) is 14.5 Å². The van der Waals surface area contributed by atoms with Gasteiger partial charge in [-0.3, -0.25) is 4.98 Å².